The zero-order valence-corrected chi connectivity index (χ0v) is 8.89. The van der Waals surface area contributed by atoms with Crippen molar-refractivity contribution in [2.45, 2.75) is 19.3 Å². The number of hydrogen-bond acceptors (Lipinski definition) is 0. The van der Waals surface area contributed by atoms with Gasteiger partial charge in [0.2, 0.25) is 0 Å². The van der Waals surface area contributed by atoms with E-state index in [2.05, 4.69) is 60.8 Å². The molecule has 0 spiro atoms. The summed E-state index contributed by atoms with van der Waals surface area (Å²) in [4.78, 5) is 0. The first-order chi connectivity index (χ1) is 7.47. The van der Waals surface area contributed by atoms with Crippen molar-refractivity contribution in [3.63, 3.8) is 0 Å². The lowest BCUT2D eigenvalue weighted by atomic mass is 10.1. The van der Waals surface area contributed by atoms with Crippen LogP contribution < -0.4 is 0 Å². The minimum atomic E-state index is 1.13. The summed E-state index contributed by atoms with van der Waals surface area (Å²) in [5, 5.41) is 0. The lowest BCUT2D eigenvalue weighted by Crippen LogP contribution is -1.80. The van der Waals surface area contributed by atoms with Crippen LogP contribution in [0.3, 0.4) is 0 Å². The van der Waals surface area contributed by atoms with Crippen LogP contribution in [-0.4, -0.2) is 0 Å². The summed E-state index contributed by atoms with van der Waals surface area (Å²) in [6, 6.07) is 0. The minimum Gasteiger partial charge on any atom is -0.0808 e. The smallest absolute Gasteiger partial charge is 0.00915 e. The van der Waals surface area contributed by atoms with Gasteiger partial charge in [0.1, 0.15) is 0 Å². The first-order valence-corrected chi connectivity index (χ1v) is 5.50. The van der Waals surface area contributed by atoms with Gasteiger partial charge < -0.3 is 0 Å². The molecule has 15 heavy (non-hydrogen) atoms. The van der Waals surface area contributed by atoms with Crippen LogP contribution in [0.5, 0.6) is 0 Å². The molecule has 0 amide bonds. The van der Waals surface area contributed by atoms with Crippen LogP contribution in [0, 0.1) is 0 Å². The van der Waals surface area contributed by atoms with E-state index in [1.54, 1.807) is 0 Å². The Morgan fingerprint density at radius 2 is 1.13 bits per heavy atom. The van der Waals surface area contributed by atoms with Gasteiger partial charge in [-0.15, -0.1) is 0 Å². The monoisotopic (exact) mass is 196 g/mol. The molecule has 0 fully saturated rings. The number of rotatable bonds is 1. The van der Waals surface area contributed by atoms with Gasteiger partial charge in [0.05, 0.1) is 0 Å². The topological polar surface area (TPSA) is 0 Å². The zero-order chi connectivity index (χ0) is 10.3. The van der Waals surface area contributed by atoms with Gasteiger partial charge in [-0.1, -0.05) is 60.8 Å². The van der Waals surface area contributed by atoms with Crippen molar-refractivity contribution in [3.05, 3.63) is 71.9 Å². The second kappa shape index (κ2) is 5.35. The molecule has 76 valence electrons. The maximum atomic E-state index is 2.21. The Labute approximate surface area is 91.7 Å². The quantitative estimate of drug-likeness (QED) is 0.587. The molecule has 0 saturated heterocycles. The molecule has 0 bridgehead atoms. The third kappa shape index (κ3) is 2.95. The molecule has 0 aliphatic heterocycles. The molecule has 0 heteroatoms. The summed E-state index contributed by atoms with van der Waals surface area (Å²) >= 11 is 0. The van der Waals surface area contributed by atoms with Crippen molar-refractivity contribution in [3.8, 4) is 0 Å². The molecule has 0 nitrogen and oxygen atoms in total. The summed E-state index contributed by atoms with van der Waals surface area (Å²) in [7, 11) is 0. The van der Waals surface area contributed by atoms with Crippen molar-refractivity contribution in [1.29, 1.82) is 0 Å². The fourth-order valence-corrected chi connectivity index (χ4v) is 1.76. The highest BCUT2D eigenvalue weighted by Crippen LogP contribution is 2.25. The Kier molecular flexibility index (Phi) is 3.56. The molecular formula is C15H16. The summed E-state index contributed by atoms with van der Waals surface area (Å²) in [5.74, 6) is 0. The molecule has 0 radical (unpaired) electrons. The second-order valence-electron chi connectivity index (χ2n) is 3.74. The van der Waals surface area contributed by atoms with Crippen molar-refractivity contribution < 1.29 is 0 Å². The van der Waals surface area contributed by atoms with Crippen LogP contribution in [0.25, 0.3) is 0 Å². The highest BCUT2D eigenvalue weighted by molar-refractivity contribution is 5.44. The van der Waals surface area contributed by atoms with Gasteiger partial charge in [0, 0.05) is 0 Å². The van der Waals surface area contributed by atoms with Gasteiger partial charge in [0.15, 0.2) is 0 Å². The van der Waals surface area contributed by atoms with Crippen molar-refractivity contribution in [1.82, 2.24) is 0 Å². The lowest BCUT2D eigenvalue weighted by Gasteiger charge is -1.99. The summed E-state index contributed by atoms with van der Waals surface area (Å²) in [6.45, 7) is 0. The summed E-state index contributed by atoms with van der Waals surface area (Å²) in [5.41, 5.74) is 2.98. The van der Waals surface area contributed by atoms with Crippen LogP contribution in [0.1, 0.15) is 19.3 Å². The fraction of sp³-hybridized carbons (Fsp3) is 0.200. The van der Waals surface area contributed by atoms with Crippen molar-refractivity contribution in [2.75, 3.05) is 0 Å². The van der Waals surface area contributed by atoms with Crippen LogP contribution in [-0.2, 0) is 0 Å². The molecule has 3 aliphatic carbocycles. The SMILES string of the molecule is C1=CCC(C2=CC=CC2)=C1.C1=CCC=C1. The third-order valence-electron chi connectivity index (χ3n) is 2.61. The molecule has 0 atom stereocenters. The maximum Gasteiger partial charge on any atom is -0.00915 e. The molecule has 0 N–H and O–H groups in total. The molecule has 0 aromatic heterocycles. The van der Waals surface area contributed by atoms with E-state index in [4.69, 9.17) is 0 Å². The molecule has 0 unspecified atom stereocenters. The Bertz CT molecular complexity index is 346. The standard InChI is InChI=1S/C10H10.C5H6/c1-2-6-9(5-1)10-7-3-4-8-10;1-2-4-5-3-1/h1-5,7H,6,8H2;1-4H,5H2. The predicted molar refractivity (Wildman–Crippen MR) is 66.6 cm³/mol. The number of hydrogen-bond donors (Lipinski definition) is 0. The van der Waals surface area contributed by atoms with E-state index in [9.17, 15) is 0 Å². The molecule has 0 saturated carbocycles. The van der Waals surface area contributed by atoms with E-state index in [0.29, 0.717) is 0 Å². The van der Waals surface area contributed by atoms with Gasteiger partial charge in [0.25, 0.3) is 0 Å². The largest absolute Gasteiger partial charge is 0.0808 e. The van der Waals surface area contributed by atoms with E-state index < -0.39 is 0 Å². The number of allylic oxidation sites excluding steroid dienone is 12. The molecule has 3 rings (SSSR count). The average molecular weight is 196 g/mol. The minimum absolute atomic E-state index is 1.13. The molecular weight excluding hydrogens is 180 g/mol. The Hall–Kier alpha value is -1.56. The predicted octanol–water partition coefficient (Wildman–Crippen LogP) is 4.26. The van der Waals surface area contributed by atoms with Crippen LogP contribution >= 0.6 is 0 Å². The summed E-state index contributed by atoms with van der Waals surface area (Å²) < 4.78 is 0. The first kappa shape index (κ1) is 9.97. The average Bonchev–Trinajstić information content (AvgIpc) is 3.06. The van der Waals surface area contributed by atoms with E-state index in [-0.39, 0.29) is 0 Å². The molecule has 3 aliphatic rings. The highest BCUT2D eigenvalue weighted by atomic mass is 14.1. The van der Waals surface area contributed by atoms with Gasteiger partial charge >= 0.3 is 0 Å². The Balaban J connectivity index is 0.000000144. The molecule has 0 heterocycles. The van der Waals surface area contributed by atoms with E-state index in [1.807, 2.05) is 0 Å². The van der Waals surface area contributed by atoms with E-state index in [1.165, 1.54) is 11.1 Å². The zero-order valence-electron chi connectivity index (χ0n) is 8.89. The Morgan fingerprint density at radius 1 is 0.600 bits per heavy atom. The second-order valence-corrected chi connectivity index (χ2v) is 3.74. The normalized spacial score (nSPS) is 20.3. The Morgan fingerprint density at radius 3 is 1.40 bits per heavy atom. The molecule has 0 aromatic rings. The van der Waals surface area contributed by atoms with Gasteiger partial charge in [-0.2, -0.15) is 0 Å². The first-order valence-electron chi connectivity index (χ1n) is 5.50. The summed E-state index contributed by atoms with van der Waals surface area (Å²) in [6.07, 6.45) is 24.9. The lowest BCUT2D eigenvalue weighted by molar-refractivity contribution is 1.18. The van der Waals surface area contributed by atoms with Crippen molar-refractivity contribution in [2.24, 2.45) is 0 Å². The van der Waals surface area contributed by atoms with E-state index >= 15 is 0 Å². The molecule has 0 aromatic carbocycles. The van der Waals surface area contributed by atoms with Gasteiger partial charge in [-0.3, -0.25) is 0 Å². The fourth-order valence-electron chi connectivity index (χ4n) is 1.76. The van der Waals surface area contributed by atoms with Crippen LogP contribution in [0.4, 0.5) is 0 Å². The van der Waals surface area contributed by atoms with E-state index in [0.717, 1.165) is 19.3 Å². The van der Waals surface area contributed by atoms with Gasteiger partial charge in [-0.25, -0.2) is 0 Å². The van der Waals surface area contributed by atoms with Crippen LogP contribution in [0.2, 0.25) is 0 Å². The highest BCUT2D eigenvalue weighted by Gasteiger charge is 2.05. The third-order valence-corrected chi connectivity index (χ3v) is 2.61. The van der Waals surface area contributed by atoms with Gasteiger partial charge in [-0.05, 0) is 30.4 Å². The van der Waals surface area contributed by atoms with Crippen molar-refractivity contribution >= 4 is 0 Å². The van der Waals surface area contributed by atoms with Crippen LogP contribution in [0.15, 0.2) is 71.9 Å². The maximum absolute atomic E-state index is 2.21.